The summed E-state index contributed by atoms with van der Waals surface area (Å²) in [6.45, 7) is 4.10. The number of hydrogen-bond donors (Lipinski definition) is 0. The van der Waals surface area contributed by atoms with Crippen LogP contribution in [-0.4, -0.2) is 22.5 Å². The number of aryl methyl sites for hydroxylation is 2. The zero-order chi connectivity index (χ0) is 18.2. The van der Waals surface area contributed by atoms with Crippen molar-refractivity contribution < 1.29 is 0 Å². The van der Waals surface area contributed by atoms with Crippen LogP contribution in [0.5, 0.6) is 0 Å². The molecule has 0 fully saturated rings. The van der Waals surface area contributed by atoms with E-state index in [-0.39, 0.29) is 11.5 Å². The molecule has 4 nitrogen and oxygen atoms in total. The van der Waals surface area contributed by atoms with E-state index in [0.717, 1.165) is 17.1 Å². The molecule has 6 rings (SSSR count). The summed E-state index contributed by atoms with van der Waals surface area (Å²) in [6, 6.07) is 17.6. The number of anilines is 1. The molecule has 0 radical (unpaired) electrons. The van der Waals surface area contributed by atoms with Crippen LogP contribution in [0, 0.1) is 13.8 Å². The largest absolute Gasteiger partial charge is 0.255 e. The second-order valence-electron chi connectivity index (χ2n) is 7.43. The fraction of sp³-hybridized carbons (Fsp3) is 0.174. The second kappa shape index (κ2) is 4.92. The second-order valence-corrected chi connectivity index (χ2v) is 7.43. The van der Waals surface area contributed by atoms with Crippen molar-refractivity contribution in [1.82, 2.24) is 10.2 Å². The number of hydrogen-bond acceptors (Lipinski definition) is 4. The number of aromatic nitrogens is 2. The Hall–Kier alpha value is -3.27. The lowest BCUT2D eigenvalue weighted by molar-refractivity contribution is 0.559. The normalized spacial score (nSPS) is 19.8. The Morgan fingerprint density at radius 3 is 2.19 bits per heavy atom. The van der Waals surface area contributed by atoms with Crippen LogP contribution < -0.4 is 5.01 Å². The monoisotopic (exact) mass is 350 g/mol. The molecule has 27 heavy (non-hydrogen) atoms. The Morgan fingerprint density at radius 1 is 0.852 bits per heavy atom. The fourth-order valence-corrected chi connectivity index (χ4v) is 5.30. The Bertz CT molecular complexity index is 1130. The highest BCUT2D eigenvalue weighted by Crippen LogP contribution is 2.62. The molecule has 0 N–H and O–H groups in total. The van der Waals surface area contributed by atoms with Crippen LogP contribution in [0.15, 0.2) is 65.8 Å². The molecule has 0 amide bonds. The van der Waals surface area contributed by atoms with E-state index in [9.17, 15) is 0 Å². The average Bonchev–Trinajstić information content (AvgIpc) is 3.19. The summed E-state index contributed by atoms with van der Waals surface area (Å²) in [7, 11) is 0. The van der Waals surface area contributed by atoms with Gasteiger partial charge in [0, 0.05) is 11.8 Å². The summed E-state index contributed by atoms with van der Waals surface area (Å²) in [5.74, 6) is 0. The minimum atomic E-state index is -0.318. The van der Waals surface area contributed by atoms with E-state index in [2.05, 4.69) is 82.8 Å². The SMILES string of the molecule is Cc1nnc(C)c2c1N1N=CC=CC1C21c2ccccc2-c2ccccc21. The molecule has 2 aromatic carbocycles. The van der Waals surface area contributed by atoms with Gasteiger partial charge in [0.1, 0.15) is 0 Å². The molecule has 1 spiro atoms. The predicted octanol–water partition coefficient (Wildman–Crippen LogP) is 4.15. The molecule has 3 heterocycles. The standard InChI is InChI=1S/C23H18N4/c1-14-21-22(15(2)26-25-14)27-20(12-7-13-24-27)23(21)18-10-5-3-8-16(18)17-9-4-6-11-19(17)23/h3-13,20H,1-2H3. The van der Waals surface area contributed by atoms with E-state index >= 15 is 0 Å². The summed E-state index contributed by atoms with van der Waals surface area (Å²) < 4.78 is 0. The molecule has 3 aliphatic rings. The molecule has 130 valence electrons. The molecular weight excluding hydrogens is 332 g/mol. The van der Waals surface area contributed by atoms with Crippen LogP contribution in [0.3, 0.4) is 0 Å². The summed E-state index contributed by atoms with van der Waals surface area (Å²) in [6.07, 6.45) is 6.19. The maximum Gasteiger partial charge on any atom is 0.0896 e. The number of fused-ring (bicyclic) bond motifs is 10. The lowest BCUT2D eigenvalue weighted by atomic mass is 9.68. The maximum absolute atomic E-state index is 4.75. The van der Waals surface area contributed by atoms with Crippen molar-refractivity contribution in [3.05, 3.63) is 88.8 Å². The van der Waals surface area contributed by atoms with Crippen molar-refractivity contribution in [2.45, 2.75) is 25.3 Å². The fourth-order valence-electron chi connectivity index (χ4n) is 5.30. The quantitative estimate of drug-likeness (QED) is 0.611. The van der Waals surface area contributed by atoms with Crippen LogP contribution >= 0.6 is 0 Å². The average molecular weight is 350 g/mol. The topological polar surface area (TPSA) is 41.4 Å². The van der Waals surface area contributed by atoms with Gasteiger partial charge in [-0.3, -0.25) is 5.01 Å². The van der Waals surface area contributed by atoms with Crippen molar-refractivity contribution >= 4 is 11.9 Å². The molecule has 3 aromatic rings. The predicted molar refractivity (Wildman–Crippen MR) is 107 cm³/mol. The van der Waals surface area contributed by atoms with Crippen LogP contribution in [0.1, 0.15) is 28.1 Å². The van der Waals surface area contributed by atoms with Gasteiger partial charge in [-0.25, -0.2) is 0 Å². The number of hydrazone groups is 1. The summed E-state index contributed by atoms with van der Waals surface area (Å²) in [5, 5.41) is 15.8. The summed E-state index contributed by atoms with van der Waals surface area (Å²) in [5.41, 5.74) is 9.18. The molecule has 0 saturated heterocycles. The van der Waals surface area contributed by atoms with Crippen LogP contribution in [0.25, 0.3) is 11.1 Å². The van der Waals surface area contributed by atoms with Crippen LogP contribution in [-0.2, 0) is 5.41 Å². The first-order valence-electron chi connectivity index (χ1n) is 9.28. The molecule has 0 bridgehead atoms. The molecule has 1 atom stereocenters. The first-order valence-corrected chi connectivity index (χ1v) is 9.28. The van der Waals surface area contributed by atoms with Crippen molar-refractivity contribution in [2.75, 3.05) is 5.01 Å². The summed E-state index contributed by atoms with van der Waals surface area (Å²) >= 11 is 0. The highest BCUT2D eigenvalue weighted by atomic mass is 15.5. The lowest BCUT2D eigenvalue weighted by Crippen LogP contribution is -2.43. The number of rotatable bonds is 0. The first kappa shape index (κ1) is 14.9. The molecule has 4 heteroatoms. The van der Waals surface area contributed by atoms with Gasteiger partial charge in [0.05, 0.1) is 28.5 Å². The van der Waals surface area contributed by atoms with E-state index in [4.69, 9.17) is 5.10 Å². The van der Waals surface area contributed by atoms with E-state index in [1.165, 1.54) is 27.8 Å². The highest BCUT2D eigenvalue weighted by Gasteiger charge is 2.59. The van der Waals surface area contributed by atoms with Gasteiger partial charge in [0.15, 0.2) is 0 Å². The zero-order valence-electron chi connectivity index (χ0n) is 15.2. The van der Waals surface area contributed by atoms with Crippen molar-refractivity contribution in [3.63, 3.8) is 0 Å². The van der Waals surface area contributed by atoms with Gasteiger partial charge in [0.2, 0.25) is 0 Å². The van der Waals surface area contributed by atoms with Gasteiger partial charge >= 0.3 is 0 Å². The third kappa shape index (κ3) is 1.58. The van der Waals surface area contributed by atoms with Crippen molar-refractivity contribution in [3.8, 4) is 11.1 Å². The van der Waals surface area contributed by atoms with Crippen LogP contribution in [0.4, 0.5) is 5.69 Å². The number of benzene rings is 2. The van der Waals surface area contributed by atoms with Gasteiger partial charge < -0.3 is 0 Å². The van der Waals surface area contributed by atoms with Gasteiger partial charge in [-0.15, -0.1) is 0 Å². The van der Waals surface area contributed by atoms with E-state index in [1.54, 1.807) is 0 Å². The van der Waals surface area contributed by atoms with E-state index < -0.39 is 0 Å². The van der Waals surface area contributed by atoms with Crippen LogP contribution in [0.2, 0.25) is 0 Å². The first-order chi connectivity index (χ1) is 13.2. The number of allylic oxidation sites excluding steroid dienone is 1. The number of nitrogens with zero attached hydrogens (tertiary/aromatic N) is 4. The van der Waals surface area contributed by atoms with Gasteiger partial charge in [-0.1, -0.05) is 54.6 Å². The smallest absolute Gasteiger partial charge is 0.0896 e. The molecular formula is C23H18N4. The Kier molecular flexibility index (Phi) is 2.70. The third-order valence-corrected chi connectivity index (χ3v) is 6.19. The summed E-state index contributed by atoms with van der Waals surface area (Å²) in [4.78, 5) is 0. The van der Waals surface area contributed by atoms with Crippen molar-refractivity contribution in [2.24, 2.45) is 5.10 Å². The maximum atomic E-state index is 4.75. The lowest BCUT2D eigenvalue weighted by Gasteiger charge is -2.35. The highest BCUT2D eigenvalue weighted by molar-refractivity contribution is 5.91. The molecule has 2 aliphatic heterocycles. The van der Waals surface area contributed by atoms with E-state index in [0.29, 0.717) is 0 Å². The minimum Gasteiger partial charge on any atom is -0.255 e. The molecule has 0 saturated carbocycles. The molecule has 1 aliphatic carbocycles. The van der Waals surface area contributed by atoms with E-state index in [1.807, 2.05) is 13.1 Å². The molecule has 1 unspecified atom stereocenters. The Labute approximate surface area is 157 Å². The molecule has 1 aromatic heterocycles. The zero-order valence-corrected chi connectivity index (χ0v) is 15.2. The Morgan fingerprint density at radius 2 is 1.48 bits per heavy atom. The van der Waals surface area contributed by atoms with Gasteiger partial charge in [-0.2, -0.15) is 15.3 Å². The third-order valence-electron chi connectivity index (χ3n) is 6.19. The van der Waals surface area contributed by atoms with Gasteiger partial charge in [0.25, 0.3) is 0 Å². The Balaban J connectivity index is 1.84. The minimum absolute atomic E-state index is 0.0747. The van der Waals surface area contributed by atoms with Crippen molar-refractivity contribution in [1.29, 1.82) is 0 Å². The van der Waals surface area contributed by atoms with Gasteiger partial charge in [-0.05, 0) is 42.2 Å².